The van der Waals surface area contributed by atoms with Crippen LogP contribution in [0.25, 0.3) is 5.65 Å². The van der Waals surface area contributed by atoms with Crippen molar-refractivity contribution in [2.24, 2.45) is 0 Å². The molecule has 1 saturated heterocycles. The van der Waals surface area contributed by atoms with Crippen molar-refractivity contribution in [2.75, 3.05) is 24.1 Å². The van der Waals surface area contributed by atoms with E-state index in [1.54, 1.807) is 12.3 Å². The molecule has 1 aliphatic heterocycles. The first-order chi connectivity index (χ1) is 12.6. The minimum absolute atomic E-state index is 0.0545. The first-order valence-corrected chi connectivity index (χ1v) is 8.41. The second-order valence-corrected chi connectivity index (χ2v) is 6.30. The van der Waals surface area contributed by atoms with Crippen molar-refractivity contribution < 1.29 is 9.53 Å². The van der Waals surface area contributed by atoms with Crippen molar-refractivity contribution in [1.29, 1.82) is 0 Å². The number of halogens is 1. The molecular formula is C16H16ClN7O2. The molecule has 0 aliphatic carbocycles. The molecule has 3 aromatic rings. The summed E-state index contributed by atoms with van der Waals surface area (Å²) < 4.78 is 7.33. The van der Waals surface area contributed by atoms with Gasteiger partial charge in [0.05, 0.1) is 17.4 Å². The van der Waals surface area contributed by atoms with E-state index in [0.717, 1.165) is 19.5 Å². The molecule has 10 heteroatoms. The molecule has 4 heterocycles. The molecule has 4 N–H and O–H groups in total. The molecule has 1 amide bonds. The molecule has 0 spiro atoms. The number of carbonyl (C=O) groups is 1. The van der Waals surface area contributed by atoms with Crippen LogP contribution in [0.1, 0.15) is 16.8 Å². The maximum absolute atomic E-state index is 12.8. The average molecular weight is 374 g/mol. The Morgan fingerprint density at radius 2 is 2.35 bits per heavy atom. The Balaban J connectivity index is 1.62. The molecule has 0 saturated carbocycles. The highest BCUT2D eigenvalue weighted by molar-refractivity contribution is 6.30. The van der Waals surface area contributed by atoms with Crippen molar-refractivity contribution >= 4 is 34.7 Å². The lowest BCUT2D eigenvalue weighted by Crippen LogP contribution is -2.21. The van der Waals surface area contributed by atoms with Gasteiger partial charge in [0.2, 0.25) is 0 Å². The summed E-state index contributed by atoms with van der Waals surface area (Å²) in [7, 11) is 0. The second kappa shape index (κ2) is 6.77. The Kier molecular flexibility index (Phi) is 4.31. The number of nitrogen functional groups attached to an aromatic ring is 1. The van der Waals surface area contributed by atoms with Crippen LogP contribution in [0.5, 0.6) is 5.75 Å². The van der Waals surface area contributed by atoms with Crippen molar-refractivity contribution in [1.82, 2.24) is 24.9 Å². The monoisotopic (exact) mass is 373 g/mol. The topological polar surface area (TPSA) is 119 Å². The molecule has 0 aromatic carbocycles. The van der Waals surface area contributed by atoms with Gasteiger partial charge in [-0.05, 0) is 13.0 Å². The van der Waals surface area contributed by atoms with Gasteiger partial charge in [0.1, 0.15) is 23.1 Å². The van der Waals surface area contributed by atoms with Crippen LogP contribution in [0, 0.1) is 0 Å². The van der Waals surface area contributed by atoms with E-state index in [1.807, 2.05) is 0 Å². The van der Waals surface area contributed by atoms with E-state index in [1.165, 1.54) is 23.1 Å². The minimum atomic E-state index is -0.449. The van der Waals surface area contributed by atoms with E-state index < -0.39 is 5.91 Å². The van der Waals surface area contributed by atoms with Gasteiger partial charge in [-0.25, -0.2) is 9.50 Å². The van der Waals surface area contributed by atoms with Gasteiger partial charge < -0.3 is 21.1 Å². The van der Waals surface area contributed by atoms with Gasteiger partial charge in [-0.15, -0.1) is 5.10 Å². The molecule has 0 radical (unpaired) electrons. The summed E-state index contributed by atoms with van der Waals surface area (Å²) >= 11 is 5.90. The molecule has 3 aromatic heterocycles. The van der Waals surface area contributed by atoms with Gasteiger partial charge in [0.15, 0.2) is 11.5 Å². The molecule has 134 valence electrons. The number of carbonyl (C=O) groups excluding carboxylic acids is 1. The van der Waals surface area contributed by atoms with Crippen LogP contribution in [-0.4, -0.2) is 44.7 Å². The number of rotatable bonds is 4. The maximum Gasteiger partial charge on any atom is 0.263 e. The Morgan fingerprint density at radius 3 is 3.15 bits per heavy atom. The summed E-state index contributed by atoms with van der Waals surface area (Å²) in [6.45, 7) is 1.67. The molecular weight excluding hydrogens is 358 g/mol. The highest BCUT2D eigenvalue weighted by Gasteiger charge is 2.22. The number of amides is 1. The van der Waals surface area contributed by atoms with E-state index in [0.29, 0.717) is 22.1 Å². The zero-order chi connectivity index (χ0) is 18.1. The summed E-state index contributed by atoms with van der Waals surface area (Å²) in [4.78, 5) is 21.0. The third-order valence-corrected chi connectivity index (χ3v) is 4.23. The van der Waals surface area contributed by atoms with Gasteiger partial charge in [-0.2, -0.15) is 0 Å². The summed E-state index contributed by atoms with van der Waals surface area (Å²) in [5.41, 5.74) is 6.83. The lowest BCUT2D eigenvalue weighted by molar-refractivity contribution is 0.102. The summed E-state index contributed by atoms with van der Waals surface area (Å²) in [6.07, 6.45) is 7.06. The van der Waals surface area contributed by atoms with Crippen LogP contribution in [0.4, 0.5) is 11.5 Å². The number of pyridine rings is 1. The predicted octanol–water partition coefficient (Wildman–Crippen LogP) is 1.35. The van der Waals surface area contributed by atoms with Crippen LogP contribution in [0.15, 0.2) is 30.9 Å². The van der Waals surface area contributed by atoms with E-state index >= 15 is 0 Å². The number of anilines is 2. The van der Waals surface area contributed by atoms with Crippen LogP contribution < -0.4 is 21.1 Å². The molecule has 26 heavy (non-hydrogen) atoms. The van der Waals surface area contributed by atoms with Crippen molar-refractivity contribution in [3.63, 3.8) is 0 Å². The number of hydrogen-bond donors (Lipinski definition) is 3. The molecule has 4 rings (SSSR count). The van der Waals surface area contributed by atoms with Crippen LogP contribution >= 0.6 is 11.6 Å². The molecule has 9 nitrogen and oxygen atoms in total. The summed E-state index contributed by atoms with van der Waals surface area (Å²) in [5, 5.41) is 10.5. The Labute approximate surface area is 153 Å². The van der Waals surface area contributed by atoms with E-state index in [9.17, 15) is 4.79 Å². The lowest BCUT2D eigenvalue weighted by Gasteiger charge is -2.16. The van der Waals surface area contributed by atoms with Crippen LogP contribution in [-0.2, 0) is 0 Å². The summed E-state index contributed by atoms with van der Waals surface area (Å²) in [5.74, 6) is 0.159. The van der Waals surface area contributed by atoms with Crippen molar-refractivity contribution in [3.8, 4) is 5.75 Å². The Morgan fingerprint density at radius 1 is 1.46 bits per heavy atom. The SMILES string of the molecule is Nc1nn2cc(Cl)cnc2c1C(=O)Nc1cnccc1OC1CCNC1. The third kappa shape index (κ3) is 3.14. The Bertz CT molecular complexity index is 968. The molecule has 1 atom stereocenters. The zero-order valence-electron chi connectivity index (χ0n) is 13.6. The highest BCUT2D eigenvalue weighted by Crippen LogP contribution is 2.27. The number of nitrogens with zero attached hydrogens (tertiary/aromatic N) is 4. The second-order valence-electron chi connectivity index (χ2n) is 5.86. The third-order valence-electron chi connectivity index (χ3n) is 4.03. The lowest BCUT2D eigenvalue weighted by atomic mass is 10.2. The largest absolute Gasteiger partial charge is 0.487 e. The predicted molar refractivity (Wildman–Crippen MR) is 96.5 cm³/mol. The van der Waals surface area contributed by atoms with E-state index in [-0.39, 0.29) is 17.5 Å². The number of fused-ring (bicyclic) bond motifs is 1. The van der Waals surface area contributed by atoms with Gasteiger partial charge in [-0.3, -0.25) is 9.78 Å². The number of hydrogen-bond acceptors (Lipinski definition) is 7. The smallest absolute Gasteiger partial charge is 0.263 e. The quantitative estimate of drug-likeness (QED) is 0.631. The molecule has 0 bridgehead atoms. The van der Waals surface area contributed by atoms with Crippen molar-refractivity contribution in [3.05, 3.63) is 41.4 Å². The van der Waals surface area contributed by atoms with Crippen LogP contribution in [0.3, 0.4) is 0 Å². The number of ether oxygens (including phenoxy) is 1. The molecule has 1 unspecified atom stereocenters. The average Bonchev–Trinajstić information content (AvgIpc) is 3.23. The number of aromatic nitrogens is 4. The fourth-order valence-corrected chi connectivity index (χ4v) is 2.96. The fraction of sp³-hybridized carbons (Fsp3) is 0.250. The van der Waals surface area contributed by atoms with Crippen LogP contribution in [0.2, 0.25) is 5.02 Å². The standard InChI is InChI=1S/C16H16ClN7O2/c17-9-5-21-15-13(14(18)23-24(15)8-9)16(25)22-11-7-20-4-2-12(11)26-10-1-3-19-6-10/h2,4-5,7-8,10,19H,1,3,6H2,(H2,18,23)(H,22,25). The number of nitrogens with one attached hydrogen (secondary N) is 2. The normalized spacial score (nSPS) is 16.7. The molecule has 1 fully saturated rings. The van der Waals surface area contributed by atoms with E-state index in [4.69, 9.17) is 22.1 Å². The first-order valence-electron chi connectivity index (χ1n) is 8.04. The highest BCUT2D eigenvalue weighted by atomic mass is 35.5. The van der Waals surface area contributed by atoms with Gasteiger partial charge in [0, 0.05) is 25.0 Å². The fourth-order valence-electron chi connectivity index (χ4n) is 2.82. The zero-order valence-corrected chi connectivity index (χ0v) is 14.4. The van der Waals surface area contributed by atoms with Gasteiger partial charge >= 0.3 is 0 Å². The minimum Gasteiger partial charge on any atom is -0.487 e. The van der Waals surface area contributed by atoms with E-state index in [2.05, 4.69) is 25.7 Å². The van der Waals surface area contributed by atoms with Gasteiger partial charge in [0.25, 0.3) is 5.91 Å². The Hall–Kier alpha value is -2.91. The van der Waals surface area contributed by atoms with Gasteiger partial charge in [-0.1, -0.05) is 11.6 Å². The van der Waals surface area contributed by atoms with Crippen molar-refractivity contribution in [2.45, 2.75) is 12.5 Å². The molecule has 1 aliphatic rings. The summed E-state index contributed by atoms with van der Waals surface area (Å²) in [6, 6.07) is 1.71. The maximum atomic E-state index is 12.8. The number of nitrogens with two attached hydrogens (primary N) is 1. The first kappa shape index (κ1) is 16.6.